The van der Waals surface area contributed by atoms with Crippen LogP contribution in [-0.2, 0) is 23.6 Å². The Morgan fingerprint density at radius 3 is 2.33 bits per heavy atom. The topological polar surface area (TPSA) is 147 Å². The standard InChI is InChI=1S/C26H45FN5O6PS/c1-7-36-24(33)20(10-9-16(3)4)30-39(31-21(13-17(5)6)25(34)37-8-2)38-15-18-14-19(27)23(40-18)32-12-11-22(28)29-26(32)35/h11-12,16-21,23,30-31H,7-10,13-15H2,1-6H3,(H2,28,29,35). The van der Waals surface area contributed by atoms with Crippen LogP contribution >= 0.6 is 20.2 Å². The van der Waals surface area contributed by atoms with Gasteiger partial charge in [0.25, 0.3) is 0 Å². The number of halogens is 1. The second kappa shape index (κ2) is 17.2. The summed E-state index contributed by atoms with van der Waals surface area (Å²) in [5, 5.41) is 5.47. The highest BCUT2D eigenvalue weighted by Crippen LogP contribution is 2.44. The van der Waals surface area contributed by atoms with Gasteiger partial charge in [0, 0.05) is 11.4 Å². The highest BCUT2D eigenvalue weighted by molar-refractivity contribution is 8.00. The number of nitrogens with two attached hydrogens (primary N) is 1. The number of aromatic nitrogens is 2. The first-order chi connectivity index (χ1) is 18.9. The third kappa shape index (κ3) is 11.2. The van der Waals surface area contributed by atoms with Gasteiger partial charge in [-0.25, -0.2) is 19.4 Å². The summed E-state index contributed by atoms with van der Waals surface area (Å²) in [5.74, 6) is -0.170. The predicted octanol–water partition coefficient (Wildman–Crippen LogP) is 3.94. The molecule has 0 aromatic carbocycles. The fourth-order valence-corrected chi connectivity index (χ4v) is 7.19. The fraction of sp³-hybridized carbons (Fsp3) is 0.769. The highest BCUT2D eigenvalue weighted by Gasteiger charge is 2.38. The van der Waals surface area contributed by atoms with Crippen LogP contribution in [0, 0.1) is 11.8 Å². The molecule has 2 rings (SSSR count). The van der Waals surface area contributed by atoms with E-state index in [2.05, 4.69) is 29.0 Å². The van der Waals surface area contributed by atoms with E-state index in [-0.39, 0.29) is 43.2 Å². The van der Waals surface area contributed by atoms with Crippen molar-refractivity contribution in [2.75, 3.05) is 25.6 Å². The van der Waals surface area contributed by atoms with Crippen LogP contribution < -0.4 is 21.6 Å². The van der Waals surface area contributed by atoms with Gasteiger partial charge in [0.05, 0.1) is 19.8 Å². The molecule has 6 unspecified atom stereocenters. The summed E-state index contributed by atoms with van der Waals surface area (Å²) in [5.41, 5.74) is 4.96. The van der Waals surface area contributed by atoms with E-state index in [0.717, 1.165) is 6.42 Å². The van der Waals surface area contributed by atoms with Crippen molar-refractivity contribution in [1.29, 1.82) is 0 Å². The molecule has 11 nitrogen and oxygen atoms in total. The molecular formula is C26H45FN5O6PS. The minimum atomic E-state index is -1.73. The van der Waals surface area contributed by atoms with Gasteiger partial charge in [-0.1, -0.05) is 27.7 Å². The molecule has 0 amide bonds. The van der Waals surface area contributed by atoms with E-state index in [4.69, 9.17) is 19.7 Å². The summed E-state index contributed by atoms with van der Waals surface area (Å²) in [6.07, 6.45) is 2.12. The number of thioether (sulfide) groups is 1. The molecule has 0 radical (unpaired) electrons. The van der Waals surface area contributed by atoms with Gasteiger partial charge in [0.2, 0.25) is 0 Å². The molecule has 1 aliphatic heterocycles. The number of nitrogen functional groups attached to an aromatic ring is 1. The molecule has 1 fully saturated rings. The predicted molar refractivity (Wildman–Crippen MR) is 156 cm³/mol. The zero-order valence-electron chi connectivity index (χ0n) is 24.3. The number of alkyl halides is 1. The molecule has 0 saturated carbocycles. The molecule has 1 aromatic rings. The average Bonchev–Trinajstić information content (AvgIpc) is 3.24. The van der Waals surface area contributed by atoms with Crippen molar-refractivity contribution in [2.24, 2.45) is 11.8 Å². The Morgan fingerprint density at radius 1 is 1.12 bits per heavy atom. The number of hydrogen-bond donors (Lipinski definition) is 3. The Labute approximate surface area is 241 Å². The zero-order valence-corrected chi connectivity index (χ0v) is 26.0. The van der Waals surface area contributed by atoms with Gasteiger partial charge in [0.1, 0.15) is 29.4 Å². The van der Waals surface area contributed by atoms with Crippen molar-refractivity contribution in [3.05, 3.63) is 22.7 Å². The monoisotopic (exact) mass is 605 g/mol. The van der Waals surface area contributed by atoms with E-state index < -0.39 is 49.7 Å². The Morgan fingerprint density at radius 2 is 1.75 bits per heavy atom. The molecule has 4 N–H and O–H groups in total. The van der Waals surface area contributed by atoms with Crippen molar-refractivity contribution < 1.29 is 28.0 Å². The van der Waals surface area contributed by atoms with Gasteiger partial charge in [-0.05, 0) is 57.4 Å². The van der Waals surface area contributed by atoms with Gasteiger partial charge >= 0.3 is 17.6 Å². The van der Waals surface area contributed by atoms with Crippen LogP contribution in [0.4, 0.5) is 10.2 Å². The smallest absolute Gasteiger partial charge is 0.350 e. The summed E-state index contributed by atoms with van der Waals surface area (Å²) < 4.78 is 33.1. The number of esters is 2. The first-order valence-corrected chi connectivity index (χ1v) is 16.1. The normalized spacial score (nSPS) is 21.4. The maximum atomic E-state index is 15.0. The Kier molecular flexibility index (Phi) is 14.8. The van der Waals surface area contributed by atoms with Gasteiger partial charge in [-0.3, -0.25) is 14.2 Å². The van der Waals surface area contributed by atoms with E-state index in [1.165, 1.54) is 28.6 Å². The Hall–Kier alpha value is -1.79. The molecule has 0 spiro atoms. The zero-order chi connectivity index (χ0) is 29.8. The van der Waals surface area contributed by atoms with Crippen LogP contribution in [0.3, 0.4) is 0 Å². The van der Waals surface area contributed by atoms with E-state index in [0.29, 0.717) is 18.8 Å². The molecule has 1 saturated heterocycles. The van der Waals surface area contributed by atoms with Crippen LogP contribution in [-0.4, -0.2) is 64.8 Å². The Bertz CT molecular complexity index is 1000. The van der Waals surface area contributed by atoms with Crippen molar-refractivity contribution in [3.8, 4) is 0 Å². The lowest BCUT2D eigenvalue weighted by molar-refractivity contribution is -0.146. The molecule has 1 aromatic heterocycles. The molecule has 1 aliphatic rings. The van der Waals surface area contributed by atoms with Gasteiger partial charge < -0.3 is 19.7 Å². The fourth-order valence-electron chi connectivity index (χ4n) is 4.12. The maximum absolute atomic E-state index is 15.0. The summed E-state index contributed by atoms with van der Waals surface area (Å²) in [4.78, 5) is 41.5. The van der Waals surface area contributed by atoms with Gasteiger partial charge in [-0.15, -0.1) is 11.8 Å². The second-order valence-electron chi connectivity index (χ2n) is 10.5. The van der Waals surface area contributed by atoms with Crippen molar-refractivity contribution in [2.45, 2.75) is 96.1 Å². The first-order valence-electron chi connectivity index (χ1n) is 13.9. The molecule has 2 heterocycles. The summed E-state index contributed by atoms with van der Waals surface area (Å²) >= 11 is 1.28. The van der Waals surface area contributed by atoms with Gasteiger partial charge in [0.15, 0.2) is 8.45 Å². The molecule has 6 atom stereocenters. The van der Waals surface area contributed by atoms with E-state index in [1.54, 1.807) is 13.8 Å². The molecular weight excluding hydrogens is 560 g/mol. The van der Waals surface area contributed by atoms with Crippen LogP contribution in [0.1, 0.15) is 72.6 Å². The number of nitrogens with one attached hydrogen (secondary N) is 2. The number of ether oxygens (including phenoxy) is 2. The molecule has 40 heavy (non-hydrogen) atoms. The van der Waals surface area contributed by atoms with E-state index >= 15 is 4.39 Å². The quantitative estimate of drug-likeness (QED) is 0.175. The first kappa shape index (κ1) is 34.4. The minimum absolute atomic E-state index is 0.0773. The van der Waals surface area contributed by atoms with E-state index in [1.807, 2.05) is 13.8 Å². The number of anilines is 1. The number of carbonyl (C=O) groups is 2. The van der Waals surface area contributed by atoms with Gasteiger partial charge in [-0.2, -0.15) is 4.98 Å². The molecule has 0 bridgehead atoms. The largest absolute Gasteiger partial charge is 0.465 e. The lowest BCUT2D eigenvalue weighted by Crippen LogP contribution is -2.43. The average molecular weight is 606 g/mol. The summed E-state index contributed by atoms with van der Waals surface area (Å²) in [7, 11) is -1.73. The number of hydrogen-bond acceptors (Lipinski definition) is 11. The summed E-state index contributed by atoms with van der Waals surface area (Å²) in [6, 6.07) is 0.145. The van der Waals surface area contributed by atoms with Crippen LogP contribution in [0.25, 0.3) is 0 Å². The third-order valence-corrected chi connectivity index (χ3v) is 9.09. The Balaban J connectivity index is 2.21. The van der Waals surface area contributed by atoms with E-state index in [9.17, 15) is 14.4 Å². The summed E-state index contributed by atoms with van der Waals surface area (Å²) in [6.45, 7) is 12.2. The third-order valence-electron chi connectivity index (χ3n) is 6.07. The maximum Gasteiger partial charge on any atom is 0.350 e. The number of rotatable bonds is 17. The lowest BCUT2D eigenvalue weighted by Gasteiger charge is -2.29. The van der Waals surface area contributed by atoms with Crippen molar-refractivity contribution in [1.82, 2.24) is 19.7 Å². The number of carbonyl (C=O) groups excluding carboxylic acids is 2. The highest BCUT2D eigenvalue weighted by atomic mass is 32.2. The second-order valence-corrected chi connectivity index (χ2v) is 13.3. The SMILES string of the molecule is CCOC(=O)C(CCC(C)C)NP(NC(CC(C)C)C(=O)OCC)OCC1CC(F)C(n2ccc(N)nc2=O)S1. The molecule has 228 valence electrons. The van der Waals surface area contributed by atoms with Crippen LogP contribution in [0.15, 0.2) is 17.1 Å². The van der Waals surface area contributed by atoms with Crippen molar-refractivity contribution >= 4 is 38.0 Å². The van der Waals surface area contributed by atoms with Crippen LogP contribution in [0.5, 0.6) is 0 Å². The number of nitrogens with zero attached hydrogens (tertiary/aromatic N) is 2. The van der Waals surface area contributed by atoms with Crippen molar-refractivity contribution in [3.63, 3.8) is 0 Å². The molecule has 0 aliphatic carbocycles. The lowest BCUT2D eigenvalue weighted by atomic mass is 10.0. The molecule has 14 heteroatoms. The van der Waals surface area contributed by atoms with Crippen LogP contribution in [0.2, 0.25) is 0 Å². The minimum Gasteiger partial charge on any atom is -0.465 e.